The summed E-state index contributed by atoms with van der Waals surface area (Å²) in [6.07, 6.45) is 6.29. The number of nitrogens with one attached hydrogen (secondary N) is 1. The number of likely N-dealkylation sites (tertiary alicyclic amines) is 1. The molecule has 0 aromatic rings. The summed E-state index contributed by atoms with van der Waals surface area (Å²) in [5, 5.41) is 3.68. The number of guanidine groups is 1. The molecule has 1 N–H and O–H groups in total. The van der Waals surface area contributed by atoms with Gasteiger partial charge in [0.25, 0.3) is 0 Å². The average molecular weight is 477 g/mol. The number of fused-ring (bicyclic) bond motifs is 5. The number of halogens is 1. The van der Waals surface area contributed by atoms with E-state index in [1.54, 1.807) is 0 Å². The molecule has 5 nitrogen and oxygen atoms in total. The molecular formula is C20H36IN3O2. The van der Waals surface area contributed by atoms with Crippen molar-refractivity contribution in [2.24, 2.45) is 28.2 Å². The van der Waals surface area contributed by atoms with Gasteiger partial charge in [-0.15, -0.1) is 24.0 Å². The fourth-order valence-corrected chi connectivity index (χ4v) is 5.70. The molecule has 6 heteroatoms. The Hall–Kier alpha value is -0.0800. The maximum absolute atomic E-state index is 6.13. The zero-order valence-electron chi connectivity index (χ0n) is 16.7. The maximum Gasteiger partial charge on any atom is 0.193 e. The minimum atomic E-state index is 0. The first-order valence-corrected chi connectivity index (χ1v) is 10.2. The van der Waals surface area contributed by atoms with E-state index in [-0.39, 0.29) is 29.4 Å². The largest absolute Gasteiger partial charge is 0.377 e. The molecule has 26 heavy (non-hydrogen) atoms. The van der Waals surface area contributed by atoms with Gasteiger partial charge in [0.2, 0.25) is 0 Å². The first-order valence-electron chi connectivity index (χ1n) is 10.2. The average Bonchev–Trinajstić information content (AvgIpc) is 3.28. The van der Waals surface area contributed by atoms with E-state index in [9.17, 15) is 0 Å². The second-order valence-corrected chi connectivity index (χ2v) is 9.51. The molecular weight excluding hydrogens is 441 g/mol. The van der Waals surface area contributed by atoms with Crippen LogP contribution in [0.4, 0.5) is 0 Å². The van der Waals surface area contributed by atoms with Gasteiger partial charge >= 0.3 is 0 Å². The molecule has 4 saturated heterocycles. The summed E-state index contributed by atoms with van der Waals surface area (Å²) in [5.74, 6) is 3.08. The summed E-state index contributed by atoms with van der Waals surface area (Å²) in [4.78, 5) is 7.06. The molecule has 0 aliphatic carbocycles. The third-order valence-electron chi connectivity index (χ3n) is 6.78. The van der Waals surface area contributed by atoms with Gasteiger partial charge < -0.3 is 19.7 Å². The molecule has 0 aromatic heterocycles. The third-order valence-corrected chi connectivity index (χ3v) is 6.78. The van der Waals surface area contributed by atoms with E-state index in [1.165, 1.54) is 25.7 Å². The predicted molar refractivity (Wildman–Crippen MR) is 115 cm³/mol. The molecule has 4 aliphatic heterocycles. The van der Waals surface area contributed by atoms with Crippen LogP contribution >= 0.6 is 24.0 Å². The summed E-state index contributed by atoms with van der Waals surface area (Å²) in [6, 6.07) is 0. The highest BCUT2D eigenvalue weighted by atomic mass is 127. The molecule has 150 valence electrons. The van der Waals surface area contributed by atoms with Crippen molar-refractivity contribution in [3.05, 3.63) is 0 Å². The first kappa shape index (κ1) is 20.6. The van der Waals surface area contributed by atoms with Crippen LogP contribution in [0.25, 0.3) is 0 Å². The quantitative estimate of drug-likeness (QED) is 0.377. The molecule has 6 unspecified atom stereocenters. The Morgan fingerprint density at radius 2 is 1.77 bits per heavy atom. The highest BCUT2D eigenvalue weighted by Gasteiger charge is 2.53. The Labute approximate surface area is 175 Å². The predicted octanol–water partition coefficient (Wildman–Crippen LogP) is 3.13. The van der Waals surface area contributed by atoms with Gasteiger partial charge in [0.1, 0.15) is 0 Å². The smallest absolute Gasteiger partial charge is 0.193 e. The van der Waals surface area contributed by atoms with Crippen molar-refractivity contribution in [2.75, 3.05) is 33.3 Å². The van der Waals surface area contributed by atoms with E-state index < -0.39 is 0 Å². The summed E-state index contributed by atoms with van der Waals surface area (Å²) >= 11 is 0. The van der Waals surface area contributed by atoms with Crippen molar-refractivity contribution in [3.8, 4) is 0 Å². The number of hydrogen-bond acceptors (Lipinski definition) is 3. The van der Waals surface area contributed by atoms with E-state index in [0.29, 0.717) is 24.2 Å². The lowest BCUT2D eigenvalue weighted by atomic mass is 9.78. The molecule has 0 radical (unpaired) electrons. The second kappa shape index (κ2) is 8.11. The number of hydrogen-bond donors (Lipinski definition) is 1. The molecule has 2 bridgehead atoms. The van der Waals surface area contributed by atoms with Crippen molar-refractivity contribution >= 4 is 29.9 Å². The van der Waals surface area contributed by atoms with Gasteiger partial charge in [-0.05, 0) is 31.1 Å². The lowest BCUT2D eigenvalue weighted by Gasteiger charge is -2.40. The van der Waals surface area contributed by atoms with Gasteiger partial charge in [-0.1, -0.05) is 20.8 Å². The molecule has 4 aliphatic rings. The van der Waals surface area contributed by atoms with Gasteiger partial charge in [-0.25, -0.2) is 0 Å². The Morgan fingerprint density at radius 1 is 1.12 bits per heavy atom. The summed E-state index contributed by atoms with van der Waals surface area (Å²) in [6.45, 7) is 11.0. The van der Waals surface area contributed by atoms with E-state index in [1.807, 2.05) is 7.05 Å². The van der Waals surface area contributed by atoms with Crippen LogP contribution in [-0.4, -0.2) is 62.5 Å². The van der Waals surface area contributed by atoms with Crippen LogP contribution in [0.15, 0.2) is 4.99 Å². The molecule has 6 atom stereocenters. The molecule has 0 saturated carbocycles. The Morgan fingerprint density at radius 3 is 2.35 bits per heavy atom. The van der Waals surface area contributed by atoms with Crippen LogP contribution in [0.5, 0.6) is 0 Å². The van der Waals surface area contributed by atoms with Crippen molar-refractivity contribution in [1.29, 1.82) is 0 Å². The van der Waals surface area contributed by atoms with Crippen LogP contribution in [0.2, 0.25) is 0 Å². The van der Waals surface area contributed by atoms with Crippen molar-refractivity contribution in [2.45, 2.75) is 64.8 Å². The van der Waals surface area contributed by atoms with Crippen LogP contribution in [0.3, 0.4) is 0 Å². The van der Waals surface area contributed by atoms with Gasteiger partial charge in [0.05, 0.1) is 18.3 Å². The molecule has 0 spiro atoms. The fraction of sp³-hybridized carbons (Fsp3) is 0.950. The zero-order valence-corrected chi connectivity index (χ0v) is 19.1. The van der Waals surface area contributed by atoms with Crippen LogP contribution < -0.4 is 5.32 Å². The Balaban J connectivity index is 0.00000196. The minimum Gasteiger partial charge on any atom is -0.377 e. The molecule has 0 aromatic carbocycles. The van der Waals surface area contributed by atoms with Gasteiger partial charge in [-0.3, -0.25) is 4.99 Å². The van der Waals surface area contributed by atoms with E-state index >= 15 is 0 Å². The lowest BCUT2D eigenvalue weighted by molar-refractivity contribution is -0.0836. The fourth-order valence-electron chi connectivity index (χ4n) is 5.70. The third kappa shape index (κ3) is 3.88. The van der Waals surface area contributed by atoms with Crippen LogP contribution in [0, 0.1) is 23.2 Å². The summed E-state index contributed by atoms with van der Waals surface area (Å²) in [5.41, 5.74) is 0.192. The Kier molecular flexibility index (Phi) is 6.44. The molecule has 4 fully saturated rings. The topological polar surface area (TPSA) is 46.1 Å². The number of nitrogens with zero attached hydrogens (tertiary/aromatic N) is 2. The van der Waals surface area contributed by atoms with E-state index in [4.69, 9.17) is 9.47 Å². The van der Waals surface area contributed by atoms with Gasteiger partial charge in [0, 0.05) is 51.0 Å². The van der Waals surface area contributed by atoms with Crippen molar-refractivity contribution in [3.63, 3.8) is 0 Å². The first-order chi connectivity index (χ1) is 12.0. The van der Waals surface area contributed by atoms with Crippen molar-refractivity contribution in [1.82, 2.24) is 10.2 Å². The molecule has 4 rings (SSSR count). The monoisotopic (exact) mass is 477 g/mol. The van der Waals surface area contributed by atoms with Gasteiger partial charge in [0.15, 0.2) is 5.96 Å². The second-order valence-electron chi connectivity index (χ2n) is 9.51. The van der Waals surface area contributed by atoms with Crippen LogP contribution in [-0.2, 0) is 9.47 Å². The summed E-state index contributed by atoms with van der Waals surface area (Å²) in [7, 11) is 1.92. The van der Waals surface area contributed by atoms with Gasteiger partial charge in [-0.2, -0.15) is 0 Å². The normalized spacial score (nSPS) is 39.7. The molecule has 4 heterocycles. The zero-order chi connectivity index (χ0) is 17.6. The SMILES string of the molecule is CN=C(NCC1CCCOC1C(C)(C)C)N1CC2C3CCC(O3)C2C1.I. The Bertz CT molecular complexity index is 504. The number of ether oxygens (including phenoxy) is 2. The minimum absolute atomic E-state index is 0. The standard InChI is InChI=1S/C20H35N3O2.HI/c1-20(2,3)18-13(6-5-9-24-18)10-22-19(21-4)23-11-14-15(12-23)17-8-7-16(14)25-17;/h13-18H,5-12H2,1-4H3,(H,21,22);1H. The maximum atomic E-state index is 6.13. The molecule has 0 amide bonds. The number of aliphatic imine (C=N–C) groups is 1. The van der Waals surface area contributed by atoms with Crippen LogP contribution in [0.1, 0.15) is 46.5 Å². The van der Waals surface area contributed by atoms with Crippen molar-refractivity contribution < 1.29 is 9.47 Å². The van der Waals surface area contributed by atoms with E-state index in [2.05, 4.69) is 36.0 Å². The van der Waals surface area contributed by atoms with E-state index in [0.717, 1.165) is 44.0 Å². The lowest BCUT2D eigenvalue weighted by Crippen LogP contribution is -2.48. The highest BCUT2D eigenvalue weighted by molar-refractivity contribution is 14.0. The highest BCUT2D eigenvalue weighted by Crippen LogP contribution is 2.47. The number of rotatable bonds is 2. The summed E-state index contributed by atoms with van der Waals surface area (Å²) < 4.78 is 12.2.